The molecule has 0 aliphatic heterocycles. The zero-order valence-electron chi connectivity index (χ0n) is 32.0. The van der Waals surface area contributed by atoms with Gasteiger partial charge >= 0.3 is 0 Å². The normalized spacial score (nSPS) is 16.7. The first-order valence-electron chi connectivity index (χ1n) is 20.5. The second kappa shape index (κ2) is 12.9. The Morgan fingerprint density at radius 3 is 1.95 bits per heavy atom. The van der Waals surface area contributed by atoms with Crippen molar-refractivity contribution in [3.05, 3.63) is 251 Å². The zero-order chi connectivity index (χ0) is 38.2. The van der Waals surface area contributed by atoms with E-state index in [0.717, 1.165) is 17.8 Å². The van der Waals surface area contributed by atoms with Gasteiger partial charge in [-0.05, 0) is 103 Å². The number of para-hydroxylation sites is 1. The fourth-order valence-corrected chi connectivity index (χ4v) is 10.8. The van der Waals surface area contributed by atoms with Crippen LogP contribution in [0.4, 0.5) is 17.1 Å². The summed E-state index contributed by atoms with van der Waals surface area (Å²) in [5, 5.41) is 2.66. The van der Waals surface area contributed by atoms with Crippen molar-refractivity contribution in [3.63, 3.8) is 0 Å². The lowest BCUT2D eigenvalue weighted by atomic mass is 9.57. The first-order chi connectivity index (χ1) is 28.8. The van der Waals surface area contributed by atoms with E-state index in [2.05, 4.69) is 223 Å². The zero-order valence-corrected chi connectivity index (χ0v) is 32.0. The highest BCUT2D eigenvalue weighted by Crippen LogP contribution is 2.65. The maximum atomic E-state index is 2.53. The van der Waals surface area contributed by atoms with Crippen LogP contribution in [0.25, 0.3) is 50.2 Å². The van der Waals surface area contributed by atoms with E-state index in [1.807, 2.05) is 0 Å². The number of hydrogen-bond acceptors (Lipinski definition) is 1. The molecule has 3 aliphatic carbocycles. The highest BCUT2D eigenvalue weighted by Gasteiger charge is 2.53. The molecular formula is C57H39N. The summed E-state index contributed by atoms with van der Waals surface area (Å²) in [7, 11) is 0. The third-order valence-electron chi connectivity index (χ3n) is 13.0. The minimum absolute atomic E-state index is 0.289. The van der Waals surface area contributed by atoms with Gasteiger partial charge in [0.2, 0.25) is 0 Å². The number of anilines is 3. The van der Waals surface area contributed by atoms with Crippen molar-refractivity contribution in [3.8, 4) is 33.4 Å². The SMILES string of the molecule is C1=Cc2cccc3c2C(C1)c1c(ccc2ccccc12)C31c2ccccc2-c2c(N(c3cccc(-c4ccccc4)c3)c3ccccc3-c3ccccc3)cccc21. The van der Waals surface area contributed by atoms with Crippen LogP contribution in [0.2, 0.25) is 0 Å². The van der Waals surface area contributed by atoms with E-state index in [0.29, 0.717) is 0 Å². The van der Waals surface area contributed by atoms with Crippen LogP contribution in [0.15, 0.2) is 212 Å². The molecule has 9 aromatic rings. The minimum Gasteiger partial charge on any atom is -0.309 e. The molecule has 0 saturated carbocycles. The van der Waals surface area contributed by atoms with Crippen molar-refractivity contribution in [2.24, 2.45) is 0 Å². The highest BCUT2D eigenvalue weighted by molar-refractivity contribution is 6.02. The molecule has 0 bridgehead atoms. The third kappa shape index (κ3) is 4.65. The molecule has 0 heterocycles. The highest BCUT2D eigenvalue weighted by atomic mass is 15.1. The molecule has 9 aromatic carbocycles. The van der Waals surface area contributed by atoms with Gasteiger partial charge in [-0.1, -0.05) is 194 Å². The summed E-state index contributed by atoms with van der Waals surface area (Å²) < 4.78 is 0. The molecule has 1 heteroatoms. The molecule has 0 saturated heterocycles. The smallest absolute Gasteiger partial charge is 0.0720 e. The van der Waals surface area contributed by atoms with Gasteiger partial charge in [0.1, 0.15) is 0 Å². The Hall–Kier alpha value is -7.22. The average Bonchev–Trinajstić information content (AvgIpc) is 3.60. The Balaban J connectivity index is 1.20. The molecule has 3 aliphatic rings. The van der Waals surface area contributed by atoms with Gasteiger partial charge in [0, 0.05) is 22.7 Å². The van der Waals surface area contributed by atoms with Gasteiger partial charge in [-0.15, -0.1) is 0 Å². The van der Waals surface area contributed by atoms with Gasteiger partial charge in [0.05, 0.1) is 16.8 Å². The van der Waals surface area contributed by atoms with Crippen LogP contribution in [-0.2, 0) is 5.41 Å². The van der Waals surface area contributed by atoms with E-state index in [1.54, 1.807) is 0 Å². The van der Waals surface area contributed by atoms with E-state index in [9.17, 15) is 0 Å². The summed E-state index contributed by atoms with van der Waals surface area (Å²) in [5.41, 5.74) is 20.0. The van der Waals surface area contributed by atoms with Crippen LogP contribution in [0, 0.1) is 0 Å². The van der Waals surface area contributed by atoms with Gasteiger partial charge in [-0.3, -0.25) is 0 Å². The number of benzene rings is 9. The van der Waals surface area contributed by atoms with Crippen molar-refractivity contribution in [1.82, 2.24) is 0 Å². The predicted molar refractivity (Wildman–Crippen MR) is 242 cm³/mol. The van der Waals surface area contributed by atoms with Crippen LogP contribution in [0.1, 0.15) is 51.3 Å². The standard InChI is InChI=1S/C57H39N/c1-3-17-38(18-4-1)42-24-13-25-43(37-42)58(52-33-12-10-26-44(52)39-19-5-2-6-20-39)53-34-16-32-50-56(53)46-28-9-11-30-48(46)57(50)49-31-15-23-41-22-14-29-47(54(41)49)55-45-27-8-7-21-40(45)35-36-51(55)57/h1-28,30-37,47H,29H2. The van der Waals surface area contributed by atoms with Gasteiger partial charge in [0.15, 0.2) is 0 Å². The van der Waals surface area contributed by atoms with Gasteiger partial charge in [0.25, 0.3) is 0 Å². The Labute approximate surface area is 339 Å². The van der Waals surface area contributed by atoms with Crippen molar-refractivity contribution >= 4 is 33.9 Å². The Bertz CT molecular complexity index is 3100. The number of hydrogen-bond donors (Lipinski definition) is 0. The van der Waals surface area contributed by atoms with Crippen LogP contribution in [0.5, 0.6) is 0 Å². The summed E-state index contributed by atoms with van der Waals surface area (Å²) in [6.45, 7) is 0. The van der Waals surface area contributed by atoms with Crippen molar-refractivity contribution in [2.45, 2.75) is 17.8 Å². The molecule has 272 valence electrons. The van der Waals surface area contributed by atoms with E-state index >= 15 is 0 Å². The van der Waals surface area contributed by atoms with Gasteiger partial charge < -0.3 is 4.90 Å². The first kappa shape index (κ1) is 33.0. The second-order valence-electron chi connectivity index (χ2n) is 15.9. The number of nitrogens with zero attached hydrogens (tertiary/aromatic N) is 1. The minimum atomic E-state index is -0.509. The van der Waals surface area contributed by atoms with E-state index in [4.69, 9.17) is 0 Å². The molecule has 0 radical (unpaired) electrons. The predicted octanol–water partition coefficient (Wildman–Crippen LogP) is 14.9. The maximum absolute atomic E-state index is 2.53. The van der Waals surface area contributed by atoms with Crippen LogP contribution in [0.3, 0.4) is 0 Å². The molecule has 12 rings (SSSR count). The Morgan fingerprint density at radius 1 is 0.431 bits per heavy atom. The third-order valence-corrected chi connectivity index (χ3v) is 13.0. The summed E-state index contributed by atoms with van der Waals surface area (Å²) in [6.07, 6.45) is 5.75. The molecule has 0 N–H and O–H groups in total. The Morgan fingerprint density at radius 2 is 1.07 bits per heavy atom. The summed E-state index contributed by atoms with van der Waals surface area (Å²) in [6, 6.07) is 76.8. The van der Waals surface area contributed by atoms with Crippen molar-refractivity contribution in [1.29, 1.82) is 0 Å². The molecule has 0 fully saturated rings. The molecule has 1 spiro atoms. The summed E-state index contributed by atoms with van der Waals surface area (Å²) in [4.78, 5) is 2.53. The molecule has 2 unspecified atom stereocenters. The van der Waals surface area contributed by atoms with Gasteiger partial charge in [-0.2, -0.15) is 0 Å². The van der Waals surface area contributed by atoms with Crippen LogP contribution in [-0.4, -0.2) is 0 Å². The lowest BCUT2D eigenvalue weighted by Gasteiger charge is -2.45. The molecular weight excluding hydrogens is 699 g/mol. The monoisotopic (exact) mass is 737 g/mol. The summed E-state index contributed by atoms with van der Waals surface area (Å²) in [5.74, 6) is 0.289. The first-order valence-corrected chi connectivity index (χ1v) is 20.5. The molecule has 0 amide bonds. The molecule has 58 heavy (non-hydrogen) atoms. The number of fused-ring (bicyclic) bond motifs is 11. The average molecular weight is 738 g/mol. The maximum Gasteiger partial charge on any atom is 0.0720 e. The van der Waals surface area contributed by atoms with E-state index in [1.165, 1.54) is 88.8 Å². The molecule has 1 nitrogen and oxygen atoms in total. The van der Waals surface area contributed by atoms with Crippen molar-refractivity contribution < 1.29 is 0 Å². The van der Waals surface area contributed by atoms with E-state index < -0.39 is 5.41 Å². The largest absolute Gasteiger partial charge is 0.309 e. The molecule has 0 aromatic heterocycles. The summed E-state index contributed by atoms with van der Waals surface area (Å²) >= 11 is 0. The fourth-order valence-electron chi connectivity index (χ4n) is 10.8. The molecule has 2 atom stereocenters. The van der Waals surface area contributed by atoms with Crippen LogP contribution >= 0.6 is 0 Å². The lowest BCUT2D eigenvalue weighted by molar-refractivity contribution is 0.664. The topological polar surface area (TPSA) is 3.24 Å². The lowest BCUT2D eigenvalue weighted by Crippen LogP contribution is -2.36. The van der Waals surface area contributed by atoms with Crippen LogP contribution < -0.4 is 4.90 Å². The number of rotatable bonds is 5. The fraction of sp³-hybridized carbons (Fsp3) is 0.0526. The number of allylic oxidation sites excluding steroid dienone is 1. The Kier molecular flexibility index (Phi) is 7.34. The van der Waals surface area contributed by atoms with Gasteiger partial charge in [-0.25, -0.2) is 0 Å². The second-order valence-corrected chi connectivity index (χ2v) is 15.9. The van der Waals surface area contributed by atoms with Crippen molar-refractivity contribution in [2.75, 3.05) is 4.90 Å². The quantitative estimate of drug-likeness (QED) is 0.170. The van der Waals surface area contributed by atoms with E-state index in [-0.39, 0.29) is 5.92 Å².